The minimum absolute atomic E-state index is 0.203. The highest BCUT2D eigenvalue weighted by atomic mass is 16.5. The van der Waals surface area contributed by atoms with E-state index in [0.29, 0.717) is 12.3 Å². The summed E-state index contributed by atoms with van der Waals surface area (Å²) in [6, 6.07) is 6.64. The average Bonchev–Trinajstić information content (AvgIpc) is 2.90. The fraction of sp³-hybridized carbons (Fsp3) is 0.385. The van der Waals surface area contributed by atoms with Gasteiger partial charge < -0.3 is 9.84 Å². The number of nitrogens with zero attached hydrogens (tertiary/aromatic N) is 1. The van der Waals surface area contributed by atoms with E-state index in [-0.39, 0.29) is 17.8 Å². The van der Waals surface area contributed by atoms with Crippen molar-refractivity contribution in [3.05, 3.63) is 29.8 Å². The third kappa shape index (κ3) is 3.07. The topological polar surface area (TPSA) is 70.9 Å². The Bertz CT molecular complexity index is 448. The molecule has 1 unspecified atom stereocenters. The van der Waals surface area contributed by atoms with Crippen molar-refractivity contribution in [2.75, 3.05) is 6.61 Å². The van der Waals surface area contributed by atoms with Crippen LogP contribution < -0.4 is 5.43 Å². The van der Waals surface area contributed by atoms with Gasteiger partial charge in [-0.3, -0.25) is 4.79 Å². The van der Waals surface area contributed by atoms with E-state index in [2.05, 4.69) is 10.5 Å². The summed E-state index contributed by atoms with van der Waals surface area (Å²) in [4.78, 5) is 11.7. The van der Waals surface area contributed by atoms with Crippen molar-refractivity contribution in [3.8, 4) is 5.75 Å². The predicted molar refractivity (Wildman–Crippen MR) is 67.4 cm³/mol. The lowest BCUT2D eigenvalue weighted by molar-refractivity contribution is -0.130. The molecule has 1 aliphatic rings. The molecule has 1 aromatic carbocycles. The van der Waals surface area contributed by atoms with Gasteiger partial charge in [0, 0.05) is 6.61 Å². The molecule has 0 bridgehead atoms. The standard InChI is InChI=1S/C13H16N2O3/c1-9(10-4-6-11(16)7-5-10)14-15-13(17)12-3-2-8-18-12/h4-7,12,16H,2-3,8H2,1H3,(H,15,17). The molecular weight excluding hydrogens is 232 g/mol. The van der Waals surface area contributed by atoms with Gasteiger partial charge in [-0.05, 0) is 49.6 Å². The first-order chi connectivity index (χ1) is 8.66. The van der Waals surface area contributed by atoms with E-state index in [4.69, 9.17) is 4.74 Å². The number of benzene rings is 1. The number of hydrogen-bond donors (Lipinski definition) is 2. The SMILES string of the molecule is CC(=NNC(=O)C1CCCO1)c1ccc(O)cc1. The number of carbonyl (C=O) groups is 1. The number of ether oxygens (including phenoxy) is 1. The van der Waals surface area contributed by atoms with Gasteiger partial charge in [0.15, 0.2) is 0 Å². The van der Waals surface area contributed by atoms with E-state index in [1.165, 1.54) is 0 Å². The Labute approximate surface area is 105 Å². The minimum atomic E-state index is -0.374. The maximum absolute atomic E-state index is 11.7. The molecule has 0 aromatic heterocycles. The Morgan fingerprint density at radius 1 is 1.44 bits per heavy atom. The summed E-state index contributed by atoms with van der Waals surface area (Å²) in [6.45, 7) is 2.43. The van der Waals surface area contributed by atoms with Crippen LogP contribution in [0.25, 0.3) is 0 Å². The molecule has 0 radical (unpaired) electrons. The van der Waals surface area contributed by atoms with Crippen molar-refractivity contribution in [3.63, 3.8) is 0 Å². The zero-order chi connectivity index (χ0) is 13.0. The van der Waals surface area contributed by atoms with Crippen molar-refractivity contribution < 1.29 is 14.6 Å². The molecule has 1 atom stereocenters. The van der Waals surface area contributed by atoms with Gasteiger partial charge in [0.25, 0.3) is 5.91 Å². The summed E-state index contributed by atoms with van der Waals surface area (Å²) in [5.41, 5.74) is 4.03. The Morgan fingerprint density at radius 2 is 2.17 bits per heavy atom. The van der Waals surface area contributed by atoms with Crippen LogP contribution in [0.1, 0.15) is 25.3 Å². The first kappa shape index (κ1) is 12.6. The van der Waals surface area contributed by atoms with Crippen LogP contribution in [0.3, 0.4) is 0 Å². The lowest BCUT2D eigenvalue weighted by Crippen LogP contribution is -2.31. The van der Waals surface area contributed by atoms with E-state index in [1.54, 1.807) is 31.2 Å². The molecule has 0 aliphatic carbocycles. The van der Waals surface area contributed by atoms with E-state index in [9.17, 15) is 9.90 Å². The Morgan fingerprint density at radius 3 is 2.78 bits per heavy atom. The lowest BCUT2D eigenvalue weighted by Gasteiger charge is -2.07. The van der Waals surface area contributed by atoms with E-state index in [0.717, 1.165) is 18.4 Å². The zero-order valence-electron chi connectivity index (χ0n) is 10.2. The largest absolute Gasteiger partial charge is 0.508 e. The smallest absolute Gasteiger partial charge is 0.269 e. The van der Waals surface area contributed by atoms with Crippen LogP contribution in [-0.2, 0) is 9.53 Å². The van der Waals surface area contributed by atoms with Crippen molar-refractivity contribution in [2.24, 2.45) is 5.10 Å². The van der Waals surface area contributed by atoms with Crippen molar-refractivity contribution in [1.29, 1.82) is 0 Å². The van der Waals surface area contributed by atoms with Crippen molar-refractivity contribution >= 4 is 11.6 Å². The fourth-order valence-corrected chi connectivity index (χ4v) is 1.76. The summed E-state index contributed by atoms with van der Waals surface area (Å²) in [7, 11) is 0. The molecule has 1 aliphatic heterocycles. The molecule has 5 nitrogen and oxygen atoms in total. The maximum Gasteiger partial charge on any atom is 0.269 e. The van der Waals surface area contributed by atoms with E-state index >= 15 is 0 Å². The summed E-state index contributed by atoms with van der Waals surface area (Å²) in [5, 5.41) is 13.2. The van der Waals surface area contributed by atoms with Crippen molar-refractivity contribution in [1.82, 2.24) is 5.43 Å². The third-order valence-corrected chi connectivity index (χ3v) is 2.84. The van der Waals surface area contributed by atoms with Crippen molar-refractivity contribution in [2.45, 2.75) is 25.9 Å². The van der Waals surface area contributed by atoms with Gasteiger partial charge in [0.05, 0.1) is 5.71 Å². The number of rotatable bonds is 3. The molecule has 1 amide bonds. The number of aromatic hydroxyl groups is 1. The van der Waals surface area contributed by atoms with Crippen LogP contribution in [0.4, 0.5) is 0 Å². The third-order valence-electron chi connectivity index (χ3n) is 2.84. The van der Waals surface area contributed by atoms with Crippen LogP contribution in [0.15, 0.2) is 29.4 Å². The van der Waals surface area contributed by atoms with Crippen LogP contribution >= 0.6 is 0 Å². The van der Waals surface area contributed by atoms with Gasteiger partial charge in [-0.25, -0.2) is 5.43 Å². The second kappa shape index (κ2) is 5.64. The van der Waals surface area contributed by atoms with Crippen LogP contribution in [-0.4, -0.2) is 29.4 Å². The summed E-state index contributed by atoms with van der Waals surface area (Å²) < 4.78 is 5.25. The highest BCUT2D eigenvalue weighted by molar-refractivity contribution is 5.99. The molecule has 96 valence electrons. The zero-order valence-corrected chi connectivity index (χ0v) is 10.2. The summed E-state index contributed by atoms with van der Waals surface area (Å²) >= 11 is 0. The minimum Gasteiger partial charge on any atom is -0.508 e. The van der Waals surface area contributed by atoms with E-state index < -0.39 is 0 Å². The molecule has 0 saturated carbocycles. The average molecular weight is 248 g/mol. The summed E-state index contributed by atoms with van der Waals surface area (Å²) in [5.74, 6) is 0.000527. The number of amides is 1. The van der Waals surface area contributed by atoms with Crippen LogP contribution in [0.2, 0.25) is 0 Å². The van der Waals surface area contributed by atoms with Gasteiger partial charge in [-0.2, -0.15) is 5.10 Å². The molecule has 1 heterocycles. The molecule has 1 aromatic rings. The molecular formula is C13H16N2O3. The van der Waals surface area contributed by atoms with Gasteiger partial charge in [-0.1, -0.05) is 0 Å². The number of phenolic OH excluding ortho intramolecular Hbond substituents is 1. The highest BCUT2D eigenvalue weighted by Gasteiger charge is 2.23. The monoisotopic (exact) mass is 248 g/mol. The van der Waals surface area contributed by atoms with E-state index in [1.807, 2.05) is 0 Å². The number of hydrazone groups is 1. The number of nitrogens with one attached hydrogen (secondary N) is 1. The molecule has 2 rings (SSSR count). The summed E-state index contributed by atoms with van der Waals surface area (Å²) in [6.07, 6.45) is 1.29. The molecule has 1 saturated heterocycles. The maximum atomic E-state index is 11.7. The number of carbonyl (C=O) groups excluding carboxylic acids is 1. The Balaban J connectivity index is 1.95. The number of hydrogen-bond acceptors (Lipinski definition) is 4. The second-order valence-electron chi connectivity index (χ2n) is 4.22. The number of phenols is 1. The predicted octanol–water partition coefficient (Wildman–Crippen LogP) is 1.41. The lowest BCUT2D eigenvalue weighted by atomic mass is 10.1. The first-order valence-electron chi connectivity index (χ1n) is 5.92. The molecule has 0 spiro atoms. The highest BCUT2D eigenvalue weighted by Crippen LogP contribution is 2.12. The van der Waals surface area contributed by atoms with Crippen LogP contribution in [0.5, 0.6) is 5.75 Å². The van der Waals surface area contributed by atoms with Gasteiger partial charge >= 0.3 is 0 Å². The Kier molecular flexibility index (Phi) is 3.94. The second-order valence-corrected chi connectivity index (χ2v) is 4.22. The molecule has 5 heteroatoms. The van der Waals surface area contributed by atoms with Gasteiger partial charge in [-0.15, -0.1) is 0 Å². The first-order valence-corrected chi connectivity index (χ1v) is 5.92. The van der Waals surface area contributed by atoms with Gasteiger partial charge in [0.1, 0.15) is 11.9 Å². The van der Waals surface area contributed by atoms with Crippen LogP contribution in [0, 0.1) is 0 Å². The quantitative estimate of drug-likeness (QED) is 0.627. The molecule has 2 N–H and O–H groups in total. The fourth-order valence-electron chi connectivity index (χ4n) is 1.76. The molecule has 18 heavy (non-hydrogen) atoms. The van der Waals surface area contributed by atoms with Gasteiger partial charge in [0.2, 0.25) is 0 Å². The molecule has 1 fully saturated rings. The Hall–Kier alpha value is -1.88. The normalized spacial score (nSPS) is 19.8.